The molecule has 1 unspecified atom stereocenters. The van der Waals surface area contributed by atoms with E-state index in [1.807, 2.05) is 13.1 Å². The van der Waals surface area contributed by atoms with Crippen LogP contribution in [0.2, 0.25) is 0 Å². The molecule has 0 bridgehead atoms. The largest absolute Gasteiger partial charge is 0.366 e. The molecule has 1 heterocycles. The summed E-state index contributed by atoms with van der Waals surface area (Å²) < 4.78 is 0.796. The molecule has 0 aliphatic carbocycles. The molecule has 1 atom stereocenters. The van der Waals surface area contributed by atoms with Gasteiger partial charge in [0.2, 0.25) is 0 Å². The van der Waals surface area contributed by atoms with Gasteiger partial charge in [0.1, 0.15) is 0 Å². The molecule has 1 saturated heterocycles. The van der Waals surface area contributed by atoms with Crippen molar-refractivity contribution in [2.24, 2.45) is 0 Å². The highest BCUT2D eigenvalue weighted by Crippen LogP contribution is 2.33. The van der Waals surface area contributed by atoms with E-state index < -0.39 is 0 Å². The van der Waals surface area contributed by atoms with Gasteiger partial charge >= 0.3 is 0 Å². The van der Waals surface area contributed by atoms with E-state index in [1.165, 1.54) is 12.8 Å². The van der Waals surface area contributed by atoms with E-state index in [2.05, 4.69) is 26.1 Å². The summed E-state index contributed by atoms with van der Waals surface area (Å²) in [4.78, 5) is 12.7. The summed E-state index contributed by atoms with van der Waals surface area (Å²) in [6, 6.07) is 5.46. The summed E-state index contributed by atoms with van der Waals surface area (Å²) in [5.41, 5.74) is 1.17. The fourth-order valence-corrected chi connectivity index (χ4v) is 3.20. The normalized spacial score (nSPS) is 19.5. The van der Waals surface area contributed by atoms with E-state index in [0.717, 1.165) is 29.7 Å². The van der Waals surface area contributed by atoms with Crippen LogP contribution in [-0.2, 0) is 0 Å². The number of hydrogen-bond acceptors (Lipinski definition) is 4. The highest BCUT2D eigenvalue weighted by Gasteiger charge is 2.24. The second-order valence-electron chi connectivity index (χ2n) is 4.79. The lowest BCUT2D eigenvalue weighted by atomic mass is 10.0. The summed E-state index contributed by atoms with van der Waals surface area (Å²) >= 11 is 3.46. The minimum atomic E-state index is -0.365. The van der Waals surface area contributed by atoms with Crippen LogP contribution >= 0.6 is 15.9 Å². The Kier molecular flexibility index (Phi) is 4.76. The first-order valence-corrected chi connectivity index (χ1v) is 7.28. The molecule has 1 aromatic carbocycles. The maximum atomic E-state index is 10.8. The number of anilines is 1. The lowest BCUT2D eigenvalue weighted by molar-refractivity contribution is -0.384. The smallest absolute Gasteiger partial charge is 0.270 e. The number of nitrogens with zero attached hydrogens (tertiary/aromatic N) is 2. The Hall–Kier alpha value is -1.14. The average molecular weight is 328 g/mol. The third-order valence-corrected chi connectivity index (χ3v) is 4.15. The predicted molar refractivity (Wildman–Crippen MR) is 79.7 cm³/mol. The monoisotopic (exact) mass is 327 g/mol. The van der Waals surface area contributed by atoms with Crippen molar-refractivity contribution < 1.29 is 4.92 Å². The number of nitro groups is 1. The maximum absolute atomic E-state index is 10.8. The Bertz CT molecular complexity index is 465. The zero-order valence-corrected chi connectivity index (χ0v) is 12.5. The number of non-ortho nitro benzene ring substituents is 1. The SMILES string of the molecule is CNCC1CCCCN1c1ccc([N+](=O)[O-])cc1Br. The van der Waals surface area contributed by atoms with E-state index in [-0.39, 0.29) is 10.6 Å². The molecule has 104 valence electrons. The molecule has 1 N–H and O–H groups in total. The minimum absolute atomic E-state index is 0.123. The van der Waals surface area contributed by atoms with E-state index >= 15 is 0 Å². The van der Waals surface area contributed by atoms with Gasteiger partial charge in [0.25, 0.3) is 5.69 Å². The van der Waals surface area contributed by atoms with Crippen molar-refractivity contribution in [2.75, 3.05) is 25.0 Å². The number of benzene rings is 1. The molecule has 0 radical (unpaired) electrons. The number of rotatable bonds is 4. The van der Waals surface area contributed by atoms with Crippen LogP contribution < -0.4 is 10.2 Å². The van der Waals surface area contributed by atoms with Crippen LogP contribution in [0.3, 0.4) is 0 Å². The Balaban J connectivity index is 2.26. The molecule has 5 nitrogen and oxygen atoms in total. The topological polar surface area (TPSA) is 58.4 Å². The molecule has 0 amide bonds. The third kappa shape index (κ3) is 3.25. The van der Waals surface area contributed by atoms with Crippen LogP contribution in [0, 0.1) is 10.1 Å². The van der Waals surface area contributed by atoms with Crippen LogP contribution in [-0.4, -0.2) is 31.1 Å². The molecule has 6 heteroatoms. The summed E-state index contributed by atoms with van der Waals surface area (Å²) in [6.45, 7) is 1.94. The summed E-state index contributed by atoms with van der Waals surface area (Å²) in [6.07, 6.45) is 3.57. The minimum Gasteiger partial charge on any atom is -0.366 e. The number of likely N-dealkylation sites (N-methyl/N-ethyl adjacent to an activating group) is 1. The van der Waals surface area contributed by atoms with E-state index in [1.54, 1.807) is 12.1 Å². The quantitative estimate of drug-likeness (QED) is 0.682. The van der Waals surface area contributed by atoms with Crippen molar-refractivity contribution in [1.82, 2.24) is 5.32 Å². The second kappa shape index (κ2) is 6.34. The molecule has 2 rings (SSSR count). The van der Waals surface area contributed by atoms with Gasteiger partial charge in [-0.3, -0.25) is 10.1 Å². The van der Waals surface area contributed by atoms with Crippen molar-refractivity contribution in [3.05, 3.63) is 32.8 Å². The molecule has 0 saturated carbocycles. The van der Waals surface area contributed by atoms with Crippen LogP contribution in [0.1, 0.15) is 19.3 Å². The molecular formula is C13H18BrN3O2. The Morgan fingerprint density at radius 2 is 2.32 bits per heavy atom. The molecule has 1 aliphatic heterocycles. The van der Waals surface area contributed by atoms with E-state index in [0.29, 0.717) is 6.04 Å². The number of halogens is 1. The number of hydrogen-bond donors (Lipinski definition) is 1. The van der Waals surface area contributed by atoms with Crippen molar-refractivity contribution >= 4 is 27.3 Å². The van der Waals surface area contributed by atoms with E-state index in [9.17, 15) is 10.1 Å². The standard InChI is InChI=1S/C13H18BrN3O2/c1-15-9-11-4-2-3-7-16(11)13-6-5-10(17(18)19)8-12(13)14/h5-6,8,11,15H,2-4,7,9H2,1H3. The molecule has 0 spiro atoms. The fourth-order valence-electron chi connectivity index (χ4n) is 2.61. The predicted octanol–water partition coefficient (Wildman–Crippen LogP) is 2.94. The molecule has 0 aromatic heterocycles. The van der Waals surface area contributed by atoms with Gasteiger partial charge in [-0.2, -0.15) is 0 Å². The Morgan fingerprint density at radius 3 is 2.95 bits per heavy atom. The van der Waals surface area contributed by atoms with Gasteiger partial charge in [-0.25, -0.2) is 0 Å². The molecule has 1 aliphatic rings. The highest BCUT2D eigenvalue weighted by molar-refractivity contribution is 9.10. The molecular weight excluding hydrogens is 310 g/mol. The summed E-state index contributed by atoms with van der Waals surface area (Å²) in [5.74, 6) is 0. The van der Waals surface area contributed by atoms with Gasteiger partial charge in [0.05, 0.1) is 10.6 Å². The van der Waals surface area contributed by atoms with Crippen LogP contribution in [0.25, 0.3) is 0 Å². The first-order chi connectivity index (χ1) is 9.13. The van der Waals surface area contributed by atoms with Crippen molar-refractivity contribution in [3.8, 4) is 0 Å². The van der Waals surface area contributed by atoms with E-state index in [4.69, 9.17) is 0 Å². The zero-order valence-electron chi connectivity index (χ0n) is 10.9. The van der Waals surface area contributed by atoms with Gasteiger partial charge in [0.15, 0.2) is 0 Å². The van der Waals surface area contributed by atoms with Crippen molar-refractivity contribution in [1.29, 1.82) is 0 Å². The molecule has 19 heavy (non-hydrogen) atoms. The van der Waals surface area contributed by atoms with Gasteiger partial charge in [-0.1, -0.05) is 0 Å². The first kappa shape index (κ1) is 14.3. The molecule has 1 fully saturated rings. The summed E-state index contributed by atoms with van der Waals surface area (Å²) in [5, 5.41) is 14.0. The number of nitrogens with one attached hydrogen (secondary N) is 1. The van der Waals surface area contributed by atoms with Crippen LogP contribution in [0.5, 0.6) is 0 Å². The zero-order chi connectivity index (χ0) is 13.8. The van der Waals surface area contributed by atoms with Gasteiger partial charge in [-0.15, -0.1) is 0 Å². The number of nitro benzene ring substituents is 1. The van der Waals surface area contributed by atoms with Gasteiger partial charge in [0, 0.05) is 35.7 Å². The summed E-state index contributed by atoms with van der Waals surface area (Å²) in [7, 11) is 1.96. The lowest BCUT2D eigenvalue weighted by Crippen LogP contribution is -2.45. The van der Waals surface area contributed by atoms with Gasteiger partial charge < -0.3 is 10.2 Å². The second-order valence-corrected chi connectivity index (χ2v) is 5.65. The van der Waals surface area contributed by atoms with Crippen LogP contribution in [0.15, 0.2) is 22.7 Å². The van der Waals surface area contributed by atoms with Crippen LogP contribution in [0.4, 0.5) is 11.4 Å². The fraction of sp³-hybridized carbons (Fsp3) is 0.538. The Labute approximate surface area is 121 Å². The first-order valence-electron chi connectivity index (χ1n) is 6.48. The van der Waals surface area contributed by atoms with Crippen molar-refractivity contribution in [2.45, 2.75) is 25.3 Å². The average Bonchev–Trinajstić information content (AvgIpc) is 2.40. The maximum Gasteiger partial charge on any atom is 0.270 e. The number of piperidine rings is 1. The molecule has 1 aromatic rings. The highest BCUT2D eigenvalue weighted by atomic mass is 79.9. The van der Waals surface area contributed by atoms with Crippen molar-refractivity contribution in [3.63, 3.8) is 0 Å². The third-order valence-electron chi connectivity index (χ3n) is 3.52. The Morgan fingerprint density at radius 1 is 1.53 bits per heavy atom. The lowest BCUT2D eigenvalue weighted by Gasteiger charge is -2.38. The van der Waals surface area contributed by atoms with Gasteiger partial charge in [-0.05, 0) is 48.3 Å².